The third kappa shape index (κ3) is 5.44. The van der Waals surface area contributed by atoms with Crippen LogP contribution in [0.1, 0.15) is 31.7 Å². The lowest BCUT2D eigenvalue weighted by Crippen LogP contribution is -2.48. The Balaban J connectivity index is 1.59. The monoisotopic (exact) mass is 415 g/mol. The van der Waals surface area contributed by atoms with Crippen LogP contribution in [0.2, 0.25) is 0 Å². The lowest BCUT2D eigenvalue weighted by molar-refractivity contribution is -0.116. The molecular weight excluding hydrogens is 386 g/mol. The number of hydrogen-bond acceptors (Lipinski definition) is 4. The van der Waals surface area contributed by atoms with Crippen molar-refractivity contribution in [2.24, 2.45) is 0 Å². The molecule has 0 aromatic heterocycles. The van der Waals surface area contributed by atoms with Gasteiger partial charge in [-0.05, 0) is 42.3 Å². The maximum Gasteiger partial charge on any atom is 0.243 e. The summed E-state index contributed by atoms with van der Waals surface area (Å²) >= 11 is 0. The molecule has 1 aliphatic heterocycles. The van der Waals surface area contributed by atoms with Gasteiger partial charge in [-0.15, -0.1) is 0 Å². The first-order valence-corrected chi connectivity index (χ1v) is 11.5. The van der Waals surface area contributed by atoms with Crippen molar-refractivity contribution >= 4 is 21.6 Å². The van der Waals surface area contributed by atoms with E-state index in [1.54, 1.807) is 24.3 Å². The Labute approximate surface area is 173 Å². The molecule has 1 heterocycles. The molecule has 29 heavy (non-hydrogen) atoms. The van der Waals surface area contributed by atoms with Crippen molar-refractivity contribution in [3.8, 4) is 0 Å². The van der Waals surface area contributed by atoms with E-state index in [0.29, 0.717) is 25.2 Å². The molecular formula is C22H29N3O3S. The number of sulfonamides is 1. The second kappa shape index (κ2) is 9.52. The van der Waals surface area contributed by atoms with Crippen molar-refractivity contribution in [2.75, 3.05) is 38.0 Å². The van der Waals surface area contributed by atoms with E-state index in [2.05, 4.69) is 17.1 Å². The van der Waals surface area contributed by atoms with Crippen LogP contribution in [0.5, 0.6) is 0 Å². The molecule has 1 aliphatic rings. The number of hydrogen-bond donors (Lipinski definition) is 1. The average Bonchev–Trinajstić information content (AvgIpc) is 2.74. The highest BCUT2D eigenvalue weighted by molar-refractivity contribution is 7.89. The number of piperazine rings is 1. The normalized spacial score (nSPS) is 17.0. The zero-order valence-electron chi connectivity index (χ0n) is 17.0. The molecule has 2 aromatic rings. The van der Waals surface area contributed by atoms with Crippen LogP contribution in [0.3, 0.4) is 0 Å². The number of benzene rings is 2. The maximum atomic E-state index is 12.8. The summed E-state index contributed by atoms with van der Waals surface area (Å²) in [7, 11) is -3.50. The van der Waals surface area contributed by atoms with Gasteiger partial charge in [0, 0.05) is 38.3 Å². The molecule has 0 saturated carbocycles. The minimum atomic E-state index is -3.50. The van der Waals surface area contributed by atoms with Crippen molar-refractivity contribution < 1.29 is 13.2 Å². The summed E-state index contributed by atoms with van der Waals surface area (Å²) in [5, 5.41) is 2.86. The topological polar surface area (TPSA) is 69.7 Å². The summed E-state index contributed by atoms with van der Waals surface area (Å²) in [5.41, 5.74) is 1.72. The predicted octanol–water partition coefficient (Wildman–Crippen LogP) is 3.15. The van der Waals surface area contributed by atoms with Crippen LogP contribution in [0.25, 0.3) is 0 Å². The summed E-state index contributed by atoms with van der Waals surface area (Å²) < 4.78 is 27.2. The van der Waals surface area contributed by atoms with E-state index >= 15 is 0 Å². The molecule has 1 amide bonds. The van der Waals surface area contributed by atoms with Crippen molar-refractivity contribution in [3.05, 3.63) is 60.2 Å². The van der Waals surface area contributed by atoms with E-state index in [1.807, 2.05) is 37.3 Å². The van der Waals surface area contributed by atoms with Crippen molar-refractivity contribution in [3.63, 3.8) is 0 Å². The Morgan fingerprint density at radius 3 is 2.21 bits per heavy atom. The molecule has 0 radical (unpaired) electrons. The van der Waals surface area contributed by atoms with Gasteiger partial charge in [0.2, 0.25) is 15.9 Å². The molecule has 3 rings (SSSR count). The van der Waals surface area contributed by atoms with E-state index < -0.39 is 10.0 Å². The molecule has 7 heteroatoms. The smallest absolute Gasteiger partial charge is 0.243 e. The minimum Gasteiger partial charge on any atom is -0.326 e. The summed E-state index contributed by atoms with van der Waals surface area (Å²) in [4.78, 5) is 14.8. The van der Waals surface area contributed by atoms with Gasteiger partial charge in [-0.25, -0.2) is 8.42 Å². The fraction of sp³-hybridized carbons (Fsp3) is 0.409. The van der Waals surface area contributed by atoms with E-state index in [4.69, 9.17) is 0 Å². The SMILES string of the molecule is CCN1CCN(S(=O)(=O)c2ccc(NC(=O)CC(C)c3ccccc3)cc2)CC1. The molecule has 0 spiro atoms. The number of anilines is 1. The maximum absolute atomic E-state index is 12.8. The van der Waals surface area contributed by atoms with Crippen LogP contribution in [0.4, 0.5) is 5.69 Å². The van der Waals surface area contributed by atoms with Crippen LogP contribution in [-0.4, -0.2) is 56.3 Å². The number of nitrogens with zero attached hydrogens (tertiary/aromatic N) is 2. The zero-order valence-corrected chi connectivity index (χ0v) is 17.9. The summed E-state index contributed by atoms with van der Waals surface area (Å²) in [6.45, 7) is 7.55. The van der Waals surface area contributed by atoms with Gasteiger partial charge in [-0.1, -0.05) is 44.2 Å². The first-order chi connectivity index (χ1) is 13.9. The highest BCUT2D eigenvalue weighted by atomic mass is 32.2. The first kappa shape index (κ1) is 21.5. The molecule has 1 saturated heterocycles. The predicted molar refractivity (Wildman–Crippen MR) is 115 cm³/mol. The van der Waals surface area contributed by atoms with Gasteiger partial charge in [0.25, 0.3) is 0 Å². The third-order valence-corrected chi connectivity index (χ3v) is 7.33. The quantitative estimate of drug-likeness (QED) is 0.754. The van der Waals surface area contributed by atoms with Gasteiger partial charge in [-0.2, -0.15) is 4.31 Å². The third-order valence-electron chi connectivity index (χ3n) is 5.41. The molecule has 1 atom stereocenters. The zero-order chi connectivity index (χ0) is 20.9. The highest BCUT2D eigenvalue weighted by Gasteiger charge is 2.27. The lowest BCUT2D eigenvalue weighted by Gasteiger charge is -2.33. The molecule has 6 nitrogen and oxygen atoms in total. The van der Waals surface area contributed by atoms with Crippen LogP contribution < -0.4 is 5.32 Å². The Hall–Kier alpha value is -2.22. The summed E-state index contributed by atoms with van der Waals surface area (Å²) in [5.74, 6) is 0.0188. The Morgan fingerprint density at radius 2 is 1.62 bits per heavy atom. The van der Waals surface area contributed by atoms with Gasteiger partial charge < -0.3 is 10.2 Å². The largest absolute Gasteiger partial charge is 0.326 e. The lowest BCUT2D eigenvalue weighted by atomic mass is 9.97. The number of carbonyl (C=O) groups excluding carboxylic acids is 1. The Bertz CT molecular complexity index is 906. The number of likely N-dealkylation sites (N-methyl/N-ethyl adjacent to an activating group) is 1. The summed E-state index contributed by atoms with van der Waals surface area (Å²) in [6, 6.07) is 16.3. The van der Waals surface area contributed by atoms with E-state index in [1.165, 1.54) is 4.31 Å². The Kier molecular flexibility index (Phi) is 7.05. The molecule has 1 N–H and O–H groups in total. The molecule has 0 bridgehead atoms. The van der Waals surface area contributed by atoms with Crippen molar-refractivity contribution in [1.29, 1.82) is 0 Å². The van der Waals surface area contributed by atoms with Gasteiger partial charge in [0.05, 0.1) is 4.90 Å². The number of amides is 1. The van der Waals surface area contributed by atoms with Gasteiger partial charge >= 0.3 is 0 Å². The average molecular weight is 416 g/mol. The second-order valence-electron chi connectivity index (χ2n) is 7.43. The van der Waals surface area contributed by atoms with E-state index in [-0.39, 0.29) is 16.7 Å². The van der Waals surface area contributed by atoms with E-state index in [0.717, 1.165) is 25.2 Å². The van der Waals surface area contributed by atoms with Gasteiger partial charge in [0.15, 0.2) is 0 Å². The van der Waals surface area contributed by atoms with Crippen molar-refractivity contribution in [1.82, 2.24) is 9.21 Å². The molecule has 1 fully saturated rings. The van der Waals surface area contributed by atoms with Crippen LogP contribution in [0.15, 0.2) is 59.5 Å². The second-order valence-corrected chi connectivity index (χ2v) is 9.36. The minimum absolute atomic E-state index is 0.0901. The van der Waals surface area contributed by atoms with Crippen LogP contribution in [-0.2, 0) is 14.8 Å². The number of nitrogens with one attached hydrogen (secondary N) is 1. The van der Waals surface area contributed by atoms with E-state index in [9.17, 15) is 13.2 Å². The molecule has 0 aliphatic carbocycles. The van der Waals surface area contributed by atoms with Gasteiger partial charge in [0.1, 0.15) is 0 Å². The fourth-order valence-corrected chi connectivity index (χ4v) is 4.96. The standard InChI is InChI=1S/C22H29N3O3S/c1-3-24-13-15-25(16-14-24)29(27,28)21-11-9-20(10-12-21)23-22(26)17-18(2)19-7-5-4-6-8-19/h4-12,18H,3,13-17H2,1-2H3,(H,23,26). The van der Waals surface area contributed by atoms with Crippen molar-refractivity contribution in [2.45, 2.75) is 31.1 Å². The first-order valence-electron chi connectivity index (χ1n) is 10.1. The fourth-order valence-electron chi connectivity index (χ4n) is 3.53. The molecule has 156 valence electrons. The molecule has 1 unspecified atom stereocenters. The van der Waals surface area contributed by atoms with Gasteiger partial charge in [-0.3, -0.25) is 4.79 Å². The molecule has 2 aromatic carbocycles. The van der Waals surface area contributed by atoms with Crippen LogP contribution >= 0.6 is 0 Å². The highest BCUT2D eigenvalue weighted by Crippen LogP contribution is 2.22. The Morgan fingerprint density at radius 1 is 1.00 bits per heavy atom. The van der Waals surface area contributed by atoms with Crippen LogP contribution in [0, 0.1) is 0 Å². The number of carbonyl (C=O) groups is 1. The summed E-state index contributed by atoms with van der Waals surface area (Å²) in [6.07, 6.45) is 0.367. The number of rotatable bonds is 7.